The van der Waals surface area contributed by atoms with E-state index < -0.39 is 40.1 Å². The van der Waals surface area contributed by atoms with Gasteiger partial charge in [-0.1, -0.05) is 0 Å². The molecule has 236 valence electrons. The van der Waals surface area contributed by atoms with E-state index in [-0.39, 0.29) is 36.6 Å². The van der Waals surface area contributed by atoms with Gasteiger partial charge in [0.2, 0.25) is 0 Å². The minimum atomic E-state index is -5.12. The number of hydrogen-bond donors (Lipinski definition) is 0. The molecule has 0 aliphatic carbocycles. The van der Waals surface area contributed by atoms with E-state index in [9.17, 15) is 0 Å². The molecule has 0 saturated carbocycles. The van der Waals surface area contributed by atoms with Crippen LogP contribution in [0.15, 0.2) is 0 Å². The normalized spacial score (nSPS) is 20.5. The Hall–Kier alpha value is 0.917. The van der Waals surface area contributed by atoms with Crippen LogP contribution in [-0.2, 0) is 59.2 Å². The Morgan fingerprint density at radius 2 is 0.590 bits per heavy atom. The Bertz CT molecular complexity index is 521. The molecular formula is C26H60O10Si2Zr. The average Bonchev–Trinajstić information content (AvgIpc) is 2.91. The van der Waals surface area contributed by atoms with Crippen LogP contribution in [0, 0.1) is 0 Å². The van der Waals surface area contributed by atoms with Crippen molar-refractivity contribution in [3.8, 4) is 0 Å². The molecule has 0 N–H and O–H groups in total. The Morgan fingerprint density at radius 1 is 0.410 bits per heavy atom. The molecule has 0 aromatic rings. The zero-order valence-corrected chi connectivity index (χ0v) is 31.7. The predicted octanol–water partition coefficient (Wildman–Crippen LogP) is 6.89. The molecule has 0 radical (unpaired) electrons. The van der Waals surface area contributed by atoms with E-state index in [2.05, 4.69) is 0 Å². The van der Waals surface area contributed by atoms with Gasteiger partial charge in [0.25, 0.3) is 0 Å². The average molecular weight is 680 g/mol. The van der Waals surface area contributed by atoms with Gasteiger partial charge in [-0.15, -0.1) is 0 Å². The van der Waals surface area contributed by atoms with Crippen LogP contribution in [-0.4, -0.2) is 68.9 Å². The van der Waals surface area contributed by atoms with Crippen LogP contribution >= 0.6 is 0 Å². The van der Waals surface area contributed by atoms with Crippen LogP contribution in [0.3, 0.4) is 0 Å². The molecule has 10 nitrogen and oxygen atoms in total. The number of hydrogen-bond acceptors (Lipinski definition) is 10. The third-order valence-electron chi connectivity index (χ3n) is 6.52. The molecule has 0 saturated heterocycles. The molecule has 0 aliphatic rings. The van der Waals surface area contributed by atoms with Crippen LogP contribution < -0.4 is 0 Å². The van der Waals surface area contributed by atoms with Crippen molar-refractivity contribution in [1.29, 1.82) is 0 Å². The molecule has 0 rings (SSSR count). The van der Waals surface area contributed by atoms with E-state index in [0.717, 1.165) is 38.5 Å². The molecule has 0 aliphatic heterocycles. The Morgan fingerprint density at radius 3 is 0.718 bits per heavy atom. The van der Waals surface area contributed by atoms with Crippen LogP contribution in [0.25, 0.3) is 0 Å². The first-order valence-electron chi connectivity index (χ1n) is 14.8. The molecule has 0 aromatic carbocycles. The first-order chi connectivity index (χ1) is 18.3. The Kier molecular flexibility index (Phi) is 20.5. The van der Waals surface area contributed by atoms with Crippen LogP contribution in [0.4, 0.5) is 0 Å². The molecule has 6 unspecified atom stereocenters. The summed E-state index contributed by atoms with van der Waals surface area (Å²) in [5.74, 6) is 0. The van der Waals surface area contributed by atoms with Crippen LogP contribution in [0.1, 0.15) is 122 Å². The zero-order chi connectivity index (χ0) is 30.3. The zero-order valence-electron chi connectivity index (χ0n) is 27.3. The van der Waals surface area contributed by atoms with E-state index in [1.807, 2.05) is 83.1 Å². The molecule has 0 bridgehead atoms. The summed E-state index contributed by atoms with van der Waals surface area (Å²) in [6.07, 6.45) is 3.21. The molecular weight excluding hydrogens is 620 g/mol. The monoisotopic (exact) mass is 678 g/mol. The molecule has 0 spiro atoms. The second kappa shape index (κ2) is 20.0. The summed E-state index contributed by atoms with van der Waals surface area (Å²) in [6.45, 7) is 24.0. The SMILES string of the molecule is CCC(C)O[Si](OC(C)CC)(OC(C)CC)[O][Zr]([O]C)([O]C)[O][Si](OC(C)CC)(OC(C)CC)OC(C)CC. The van der Waals surface area contributed by atoms with E-state index in [1.54, 1.807) is 0 Å². The summed E-state index contributed by atoms with van der Waals surface area (Å²) in [7, 11) is -4.78. The Labute approximate surface area is 248 Å². The summed E-state index contributed by atoms with van der Waals surface area (Å²) in [5, 5.41) is 0. The van der Waals surface area contributed by atoms with Gasteiger partial charge in [-0.2, -0.15) is 0 Å². The van der Waals surface area contributed by atoms with E-state index in [1.165, 1.54) is 14.2 Å². The van der Waals surface area contributed by atoms with Gasteiger partial charge in [0.15, 0.2) is 0 Å². The molecule has 0 fully saturated rings. The summed E-state index contributed by atoms with van der Waals surface area (Å²) >= 11 is -5.12. The topological polar surface area (TPSA) is 92.3 Å². The van der Waals surface area contributed by atoms with E-state index in [0.29, 0.717) is 0 Å². The van der Waals surface area contributed by atoms with Gasteiger partial charge >= 0.3 is 250 Å². The molecule has 0 amide bonds. The van der Waals surface area contributed by atoms with Gasteiger partial charge < -0.3 is 0 Å². The summed E-state index contributed by atoms with van der Waals surface area (Å²) < 4.78 is 64.5. The van der Waals surface area contributed by atoms with Crippen molar-refractivity contribution in [3.05, 3.63) is 0 Å². The van der Waals surface area contributed by atoms with Gasteiger partial charge in [0, 0.05) is 0 Å². The standard InChI is InChI=1S/2C12H27O4Si.2CH3O.Zr/c2*1-7-10(4)14-17(13,15-11(5)8-2)16-12(6)9-3;2*1-2;/h2*10-12H,7-9H2,1-6H3;2*1H3;/q4*-1;+4. The third-order valence-corrected chi connectivity index (χ3v) is 21.5. The van der Waals surface area contributed by atoms with Crippen LogP contribution in [0.5, 0.6) is 0 Å². The summed E-state index contributed by atoms with van der Waals surface area (Å²) in [6, 6.07) is 0. The summed E-state index contributed by atoms with van der Waals surface area (Å²) in [4.78, 5) is 0. The number of rotatable bonds is 24. The third kappa shape index (κ3) is 14.3. The first-order valence-corrected chi connectivity index (χ1v) is 22.1. The van der Waals surface area contributed by atoms with Crippen molar-refractivity contribution >= 4 is 18.1 Å². The van der Waals surface area contributed by atoms with Crippen molar-refractivity contribution in [3.63, 3.8) is 0 Å². The van der Waals surface area contributed by atoms with Gasteiger partial charge in [-0.25, -0.2) is 0 Å². The van der Waals surface area contributed by atoms with Crippen molar-refractivity contribution in [1.82, 2.24) is 0 Å². The second-order valence-corrected chi connectivity index (χ2v) is 21.4. The molecule has 39 heavy (non-hydrogen) atoms. The maximum absolute atomic E-state index is 6.75. The molecule has 0 heterocycles. The van der Waals surface area contributed by atoms with Gasteiger partial charge in [-0.3, -0.25) is 0 Å². The van der Waals surface area contributed by atoms with Gasteiger partial charge in [-0.05, 0) is 0 Å². The van der Waals surface area contributed by atoms with E-state index in [4.69, 9.17) is 37.2 Å². The van der Waals surface area contributed by atoms with E-state index >= 15 is 0 Å². The first kappa shape index (κ1) is 39.9. The molecule has 13 heteroatoms. The van der Waals surface area contributed by atoms with Gasteiger partial charge in [0.05, 0.1) is 0 Å². The summed E-state index contributed by atoms with van der Waals surface area (Å²) in [5.41, 5.74) is 0. The van der Waals surface area contributed by atoms with Crippen molar-refractivity contribution in [2.24, 2.45) is 0 Å². The van der Waals surface area contributed by atoms with Crippen molar-refractivity contribution in [2.75, 3.05) is 14.2 Å². The Balaban J connectivity index is 6.95. The quantitative estimate of drug-likeness (QED) is 0.101. The minimum absolute atomic E-state index is 0.200. The maximum atomic E-state index is 6.75. The fraction of sp³-hybridized carbons (Fsp3) is 1.00. The predicted molar refractivity (Wildman–Crippen MR) is 153 cm³/mol. The molecule has 0 aromatic heterocycles. The fourth-order valence-corrected chi connectivity index (χ4v) is 19.0. The second-order valence-electron chi connectivity index (χ2n) is 10.1. The molecule has 6 atom stereocenters. The van der Waals surface area contributed by atoms with Crippen molar-refractivity contribution < 1.29 is 59.2 Å². The fourth-order valence-electron chi connectivity index (χ4n) is 2.87. The van der Waals surface area contributed by atoms with Crippen LogP contribution in [0.2, 0.25) is 0 Å². The van der Waals surface area contributed by atoms with Gasteiger partial charge in [0.1, 0.15) is 0 Å². The van der Waals surface area contributed by atoms with Crippen molar-refractivity contribution in [2.45, 2.75) is 158 Å².